The van der Waals surface area contributed by atoms with Gasteiger partial charge in [-0.3, -0.25) is 4.79 Å². The molecule has 1 rings (SSSR count). The fourth-order valence-corrected chi connectivity index (χ4v) is 1.67. The van der Waals surface area contributed by atoms with Crippen molar-refractivity contribution in [3.8, 4) is 0 Å². The largest absolute Gasteiger partial charge is 0.471 e. The number of ether oxygens (including phenoxy) is 1. The zero-order valence-corrected chi connectivity index (χ0v) is 12.8. The van der Waals surface area contributed by atoms with Gasteiger partial charge in [0.1, 0.15) is 12.6 Å². The topological polar surface area (TPSA) is 55.4 Å². The Balaban J connectivity index is 2.81. The Bertz CT molecular complexity index is 564. The van der Waals surface area contributed by atoms with Crippen molar-refractivity contribution in [2.45, 2.75) is 32.5 Å². The van der Waals surface area contributed by atoms with Gasteiger partial charge in [-0.05, 0) is 25.5 Å². The summed E-state index contributed by atoms with van der Waals surface area (Å²) in [5.74, 6) is -3.08. The smallest absolute Gasteiger partial charge is 0.460 e. The summed E-state index contributed by atoms with van der Waals surface area (Å²) in [6, 6.07) is 7.00. The van der Waals surface area contributed by atoms with E-state index in [0.717, 1.165) is 5.57 Å². The minimum atomic E-state index is -5.06. The number of hydrogen-bond donors (Lipinski definition) is 1. The number of esters is 1. The Morgan fingerprint density at radius 3 is 2.35 bits per heavy atom. The number of amides is 1. The predicted molar refractivity (Wildman–Crippen MR) is 78.5 cm³/mol. The van der Waals surface area contributed by atoms with Crippen LogP contribution in [0.4, 0.5) is 13.2 Å². The lowest BCUT2D eigenvalue weighted by Crippen LogP contribution is -2.48. The molecule has 0 radical (unpaired) electrons. The molecular formula is C16H18F3NO3. The molecule has 0 aromatic heterocycles. The molecule has 1 amide bonds. The maximum atomic E-state index is 12.4. The lowest BCUT2D eigenvalue weighted by molar-refractivity contribution is -0.175. The molecule has 4 nitrogen and oxygen atoms in total. The summed E-state index contributed by atoms with van der Waals surface area (Å²) in [5, 5.41) is 1.68. The Kier molecular flexibility index (Phi) is 6.81. The molecular weight excluding hydrogens is 311 g/mol. The minimum Gasteiger partial charge on any atom is -0.460 e. The number of halogens is 3. The van der Waals surface area contributed by atoms with Gasteiger partial charge in [-0.15, -0.1) is 0 Å². The van der Waals surface area contributed by atoms with Gasteiger partial charge in [-0.25, -0.2) is 4.79 Å². The van der Waals surface area contributed by atoms with Crippen LogP contribution >= 0.6 is 0 Å². The number of hydrogen-bond acceptors (Lipinski definition) is 3. The lowest BCUT2D eigenvalue weighted by atomic mass is 10.1. The van der Waals surface area contributed by atoms with E-state index in [1.807, 2.05) is 0 Å². The Hall–Kier alpha value is -2.31. The number of rotatable bonds is 6. The molecule has 0 bridgehead atoms. The van der Waals surface area contributed by atoms with Gasteiger partial charge in [-0.2, -0.15) is 13.2 Å². The van der Waals surface area contributed by atoms with Crippen LogP contribution in [0.2, 0.25) is 0 Å². The second kappa shape index (κ2) is 8.36. The quantitative estimate of drug-likeness (QED) is 0.645. The standard InChI is InChI=1S/C16H18F3NO3/c1-11(2)8-9-23-14(21)13(20-15(22)16(17,18)19)10-12-6-4-3-5-7-12/h3-8,13H,9-10H2,1-2H3,(H,20,22). The highest BCUT2D eigenvalue weighted by Crippen LogP contribution is 2.15. The fourth-order valence-electron chi connectivity index (χ4n) is 1.67. The van der Waals surface area contributed by atoms with E-state index >= 15 is 0 Å². The van der Waals surface area contributed by atoms with E-state index in [1.54, 1.807) is 55.6 Å². The molecule has 126 valence electrons. The first-order valence-electron chi connectivity index (χ1n) is 6.91. The van der Waals surface area contributed by atoms with E-state index < -0.39 is 24.1 Å². The van der Waals surface area contributed by atoms with Crippen LogP contribution in [-0.4, -0.2) is 30.7 Å². The average Bonchev–Trinajstić information content (AvgIpc) is 2.46. The van der Waals surface area contributed by atoms with Crippen molar-refractivity contribution in [2.75, 3.05) is 6.61 Å². The van der Waals surface area contributed by atoms with Crippen molar-refractivity contribution < 1.29 is 27.5 Å². The first kappa shape index (κ1) is 18.7. The van der Waals surface area contributed by atoms with Crippen LogP contribution in [0.15, 0.2) is 42.0 Å². The van der Waals surface area contributed by atoms with Gasteiger partial charge in [0.25, 0.3) is 0 Å². The van der Waals surface area contributed by atoms with Gasteiger partial charge < -0.3 is 10.1 Å². The number of alkyl halides is 3. The van der Waals surface area contributed by atoms with Crippen LogP contribution in [0.1, 0.15) is 19.4 Å². The molecule has 7 heteroatoms. The molecule has 1 aromatic carbocycles. The van der Waals surface area contributed by atoms with Gasteiger partial charge in [0.2, 0.25) is 0 Å². The summed E-state index contributed by atoms with van der Waals surface area (Å²) >= 11 is 0. The van der Waals surface area contributed by atoms with E-state index in [9.17, 15) is 22.8 Å². The van der Waals surface area contributed by atoms with E-state index in [0.29, 0.717) is 5.56 Å². The third kappa shape index (κ3) is 6.99. The highest BCUT2D eigenvalue weighted by molar-refractivity contribution is 5.87. The summed E-state index contributed by atoms with van der Waals surface area (Å²) in [6.45, 7) is 3.52. The zero-order valence-electron chi connectivity index (χ0n) is 12.8. The summed E-state index contributed by atoms with van der Waals surface area (Å²) in [4.78, 5) is 23.1. The molecule has 0 fully saturated rings. The number of carbonyl (C=O) groups excluding carboxylic acids is 2. The van der Waals surface area contributed by atoms with E-state index in [2.05, 4.69) is 0 Å². The number of carbonyl (C=O) groups is 2. The second-order valence-corrected chi connectivity index (χ2v) is 5.13. The van der Waals surface area contributed by atoms with E-state index in [4.69, 9.17) is 4.74 Å². The highest BCUT2D eigenvalue weighted by Gasteiger charge is 2.41. The summed E-state index contributed by atoms with van der Waals surface area (Å²) in [6.07, 6.45) is -3.53. The SMILES string of the molecule is CC(C)=CCOC(=O)C(Cc1ccccc1)NC(=O)C(F)(F)F. The van der Waals surface area contributed by atoms with Gasteiger partial charge in [0.05, 0.1) is 0 Å². The van der Waals surface area contributed by atoms with Gasteiger partial charge >= 0.3 is 18.1 Å². The maximum absolute atomic E-state index is 12.4. The fraction of sp³-hybridized carbons (Fsp3) is 0.375. The molecule has 0 saturated heterocycles. The first-order chi connectivity index (χ1) is 10.7. The first-order valence-corrected chi connectivity index (χ1v) is 6.91. The molecule has 23 heavy (non-hydrogen) atoms. The molecule has 0 aliphatic rings. The molecule has 1 unspecified atom stereocenters. The third-order valence-corrected chi connectivity index (χ3v) is 2.85. The van der Waals surface area contributed by atoms with Crippen LogP contribution in [0.25, 0.3) is 0 Å². The monoisotopic (exact) mass is 329 g/mol. The summed E-state index contributed by atoms with van der Waals surface area (Å²) in [7, 11) is 0. The highest BCUT2D eigenvalue weighted by atomic mass is 19.4. The van der Waals surface area contributed by atoms with Crippen LogP contribution in [-0.2, 0) is 20.7 Å². The second-order valence-electron chi connectivity index (χ2n) is 5.13. The average molecular weight is 329 g/mol. The molecule has 0 saturated carbocycles. The van der Waals surface area contributed by atoms with Crippen LogP contribution in [0.3, 0.4) is 0 Å². The molecule has 0 aliphatic heterocycles. The van der Waals surface area contributed by atoms with Crippen LogP contribution < -0.4 is 5.32 Å². The maximum Gasteiger partial charge on any atom is 0.471 e. The molecule has 1 N–H and O–H groups in total. The predicted octanol–water partition coefficient (Wildman–Crippen LogP) is 2.79. The van der Waals surface area contributed by atoms with Gasteiger partial charge in [0.15, 0.2) is 0 Å². The van der Waals surface area contributed by atoms with Crippen LogP contribution in [0, 0.1) is 0 Å². The zero-order chi connectivity index (χ0) is 17.5. The number of benzene rings is 1. The van der Waals surface area contributed by atoms with Crippen molar-refractivity contribution in [1.29, 1.82) is 0 Å². The van der Waals surface area contributed by atoms with E-state index in [1.165, 1.54) is 0 Å². The molecule has 0 spiro atoms. The molecule has 0 aliphatic carbocycles. The lowest BCUT2D eigenvalue weighted by Gasteiger charge is -2.18. The van der Waals surface area contributed by atoms with Crippen molar-refractivity contribution in [3.05, 3.63) is 47.5 Å². The summed E-state index contributed by atoms with van der Waals surface area (Å²) in [5.41, 5.74) is 1.51. The normalized spacial score (nSPS) is 12.2. The van der Waals surface area contributed by atoms with E-state index in [-0.39, 0.29) is 13.0 Å². The van der Waals surface area contributed by atoms with Crippen molar-refractivity contribution in [2.24, 2.45) is 0 Å². The summed E-state index contributed by atoms with van der Waals surface area (Å²) < 4.78 is 42.1. The molecule has 1 atom stereocenters. The van der Waals surface area contributed by atoms with Gasteiger partial charge in [0, 0.05) is 6.42 Å². The van der Waals surface area contributed by atoms with Crippen molar-refractivity contribution >= 4 is 11.9 Å². The van der Waals surface area contributed by atoms with Crippen molar-refractivity contribution in [1.82, 2.24) is 5.32 Å². The number of nitrogens with one attached hydrogen (secondary N) is 1. The molecule has 1 aromatic rings. The molecule has 0 heterocycles. The van der Waals surface area contributed by atoms with Crippen LogP contribution in [0.5, 0.6) is 0 Å². The van der Waals surface area contributed by atoms with Gasteiger partial charge in [-0.1, -0.05) is 35.9 Å². The Morgan fingerprint density at radius 2 is 1.83 bits per heavy atom. The van der Waals surface area contributed by atoms with Crippen molar-refractivity contribution in [3.63, 3.8) is 0 Å². The Morgan fingerprint density at radius 1 is 1.22 bits per heavy atom. The number of allylic oxidation sites excluding steroid dienone is 1. The third-order valence-electron chi connectivity index (χ3n) is 2.85. The minimum absolute atomic E-state index is 0.0612. The Labute approximate surface area is 132 Å².